The monoisotopic (exact) mass is 253 g/mol. The van der Waals surface area contributed by atoms with Crippen molar-refractivity contribution in [2.24, 2.45) is 0 Å². The topological polar surface area (TPSA) is 73.9 Å². The van der Waals surface area contributed by atoms with Gasteiger partial charge in [0.05, 0.1) is 12.1 Å². The molecule has 0 aliphatic carbocycles. The Balaban J connectivity index is 1.92. The van der Waals surface area contributed by atoms with Crippen molar-refractivity contribution in [2.75, 3.05) is 13.2 Å². The molecule has 1 atom stereocenters. The van der Waals surface area contributed by atoms with Crippen LogP contribution < -0.4 is 0 Å². The number of hydrogen-bond donors (Lipinski definition) is 2. The van der Waals surface area contributed by atoms with Gasteiger partial charge < -0.3 is 14.6 Å². The van der Waals surface area contributed by atoms with Gasteiger partial charge in [0.2, 0.25) is 0 Å². The molecular formula is C13H19NO4. The summed E-state index contributed by atoms with van der Waals surface area (Å²) in [4.78, 5) is 13.1. The zero-order chi connectivity index (χ0) is 13.0. The van der Waals surface area contributed by atoms with Crippen LogP contribution in [0.15, 0.2) is 16.7 Å². The first kappa shape index (κ1) is 13.1. The summed E-state index contributed by atoms with van der Waals surface area (Å²) in [6, 6.07) is 2.07. The van der Waals surface area contributed by atoms with Crippen LogP contribution >= 0.6 is 0 Å². The van der Waals surface area contributed by atoms with Crippen LogP contribution in [0.5, 0.6) is 0 Å². The second kappa shape index (κ2) is 6.02. The molecule has 0 saturated carbocycles. The summed E-state index contributed by atoms with van der Waals surface area (Å²) < 4.78 is 5.27. The van der Waals surface area contributed by atoms with Gasteiger partial charge in [0.15, 0.2) is 0 Å². The molecule has 18 heavy (non-hydrogen) atoms. The number of aromatic carboxylic acids is 1. The van der Waals surface area contributed by atoms with Crippen LogP contribution in [0.4, 0.5) is 0 Å². The molecule has 100 valence electrons. The van der Waals surface area contributed by atoms with Crippen molar-refractivity contribution < 1.29 is 19.4 Å². The lowest BCUT2D eigenvalue weighted by atomic mass is 10.1. The molecule has 2 heterocycles. The normalized spacial score (nSPS) is 20.4. The summed E-state index contributed by atoms with van der Waals surface area (Å²) in [5.41, 5.74) is 0.205. The van der Waals surface area contributed by atoms with Crippen LogP contribution in [0.25, 0.3) is 0 Å². The Bertz CT molecular complexity index is 401. The van der Waals surface area contributed by atoms with E-state index in [4.69, 9.17) is 14.6 Å². The molecule has 5 nitrogen and oxygen atoms in total. The third kappa shape index (κ3) is 3.11. The SMILES string of the molecule is O=C(O)c1coc(CN2CCCC2CCCO)c1. The molecule has 1 unspecified atom stereocenters. The molecule has 0 bridgehead atoms. The lowest BCUT2D eigenvalue weighted by Gasteiger charge is -2.22. The van der Waals surface area contributed by atoms with Crippen molar-refractivity contribution in [2.45, 2.75) is 38.3 Å². The van der Waals surface area contributed by atoms with Gasteiger partial charge >= 0.3 is 5.97 Å². The molecule has 1 saturated heterocycles. The average Bonchev–Trinajstić information content (AvgIpc) is 2.96. The Kier molecular flexibility index (Phi) is 4.38. The molecule has 1 aliphatic heterocycles. The number of carboxylic acid groups (broad SMARTS) is 1. The van der Waals surface area contributed by atoms with Crippen molar-refractivity contribution in [3.8, 4) is 0 Å². The van der Waals surface area contributed by atoms with Crippen LogP contribution in [-0.2, 0) is 6.54 Å². The van der Waals surface area contributed by atoms with Gasteiger partial charge in [-0.2, -0.15) is 0 Å². The maximum Gasteiger partial charge on any atom is 0.338 e. The molecule has 0 aromatic carbocycles. The lowest BCUT2D eigenvalue weighted by molar-refractivity contribution is 0.0696. The molecule has 1 fully saturated rings. The summed E-state index contributed by atoms with van der Waals surface area (Å²) >= 11 is 0. The van der Waals surface area contributed by atoms with E-state index >= 15 is 0 Å². The van der Waals surface area contributed by atoms with E-state index in [1.165, 1.54) is 6.26 Å². The van der Waals surface area contributed by atoms with E-state index in [2.05, 4.69) is 4.90 Å². The van der Waals surface area contributed by atoms with E-state index < -0.39 is 5.97 Å². The van der Waals surface area contributed by atoms with E-state index in [0.717, 1.165) is 32.2 Å². The van der Waals surface area contributed by atoms with Gasteiger partial charge in [-0.25, -0.2) is 4.79 Å². The van der Waals surface area contributed by atoms with E-state index in [1.54, 1.807) is 6.07 Å². The highest BCUT2D eigenvalue weighted by Crippen LogP contribution is 2.24. The quantitative estimate of drug-likeness (QED) is 0.807. The Labute approximate surface area is 106 Å². The van der Waals surface area contributed by atoms with E-state index in [9.17, 15) is 4.79 Å². The first-order chi connectivity index (χ1) is 8.70. The third-order valence-electron chi connectivity index (χ3n) is 3.45. The predicted octanol–water partition coefficient (Wildman–Crippen LogP) is 1.71. The summed E-state index contributed by atoms with van der Waals surface area (Å²) in [5, 5.41) is 17.7. The van der Waals surface area contributed by atoms with Crippen molar-refractivity contribution in [3.05, 3.63) is 23.7 Å². The summed E-state index contributed by atoms with van der Waals surface area (Å²) in [6.45, 7) is 1.90. The average molecular weight is 253 g/mol. The van der Waals surface area contributed by atoms with Crippen LogP contribution in [0.2, 0.25) is 0 Å². The van der Waals surface area contributed by atoms with Gasteiger partial charge in [-0.3, -0.25) is 4.90 Å². The molecule has 0 amide bonds. The van der Waals surface area contributed by atoms with E-state index in [1.807, 2.05) is 0 Å². The minimum Gasteiger partial charge on any atom is -0.478 e. The van der Waals surface area contributed by atoms with Gasteiger partial charge in [0.1, 0.15) is 12.0 Å². The summed E-state index contributed by atoms with van der Waals surface area (Å²) in [7, 11) is 0. The molecule has 1 aromatic heterocycles. The Morgan fingerprint density at radius 2 is 2.39 bits per heavy atom. The predicted molar refractivity (Wildman–Crippen MR) is 65.4 cm³/mol. The van der Waals surface area contributed by atoms with Crippen LogP contribution in [-0.4, -0.2) is 40.3 Å². The fraction of sp³-hybridized carbons (Fsp3) is 0.615. The molecule has 5 heteroatoms. The minimum atomic E-state index is -0.955. The van der Waals surface area contributed by atoms with Crippen LogP contribution in [0.1, 0.15) is 41.8 Å². The van der Waals surface area contributed by atoms with Crippen LogP contribution in [0.3, 0.4) is 0 Å². The number of rotatable bonds is 6. The molecule has 0 spiro atoms. The Morgan fingerprint density at radius 1 is 1.56 bits per heavy atom. The zero-order valence-electron chi connectivity index (χ0n) is 10.3. The van der Waals surface area contributed by atoms with Gasteiger partial charge in [-0.1, -0.05) is 0 Å². The van der Waals surface area contributed by atoms with Crippen molar-refractivity contribution in [1.29, 1.82) is 0 Å². The van der Waals surface area contributed by atoms with Gasteiger partial charge in [0.25, 0.3) is 0 Å². The maximum atomic E-state index is 10.8. The van der Waals surface area contributed by atoms with Crippen molar-refractivity contribution >= 4 is 5.97 Å². The number of aliphatic hydroxyl groups is 1. The molecule has 1 aliphatic rings. The third-order valence-corrected chi connectivity index (χ3v) is 3.45. The maximum absolute atomic E-state index is 10.8. The number of carbonyl (C=O) groups is 1. The molecule has 2 rings (SSSR count). The fourth-order valence-corrected chi connectivity index (χ4v) is 2.53. The molecule has 0 radical (unpaired) electrons. The van der Waals surface area contributed by atoms with E-state index in [-0.39, 0.29) is 12.2 Å². The van der Waals surface area contributed by atoms with E-state index in [0.29, 0.717) is 18.3 Å². The second-order valence-corrected chi connectivity index (χ2v) is 4.74. The van der Waals surface area contributed by atoms with Gasteiger partial charge in [-0.05, 0) is 38.3 Å². The number of furan rings is 1. The second-order valence-electron chi connectivity index (χ2n) is 4.74. The molecular weight excluding hydrogens is 234 g/mol. The minimum absolute atomic E-state index is 0.205. The largest absolute Gasteiger partial charge is 0.478 e. The van der Waals surface area contributed by atoms with Gasteiger partial charge in [0, 0.05) is 12.6 Å². The smallest absolute Gasteiger partial charge is 0.338 e. The number of aliphatic hydroxyl groups excluding tert-OH is 1. The highest BCUT2D eigenvalue weighted by molar-refractivity contribution is 5.87. The van der Waals surface area contributed by atoms with Crippen LogP contribution in [0, 0.1) is 0 Å². The van der Waals surface area contributed by atoms with Crippen molar-refractivity contribution in [1.82, 2.24) is 4.90 Å². The van der Waals surface area contributed by atoms with Gasteiger partial charge in [-0.15, -0.1) is 0 Å². The molecule has 1 aromatic rings. The highest BCUT2D eigenvalue weighted by Gasteiger charge is 2.25. The lowest BCUT2D eigenvalue weighted by Crippen LogP contribution is -2.28. The first-order valence-electron chi connectivity index (χ1n) is 6.36. The molecule has 2 N–H and O–H groups in total. The Morgan fingerprint density at radius 3 is 3.06 bits per heavy atom. The number of likely N-dealkylation sites (tertiary alicyclic amines) is 1. The number of carboxylic acids is 1. The summed E-state index contributed by atoms with van der Waals surface area (Å²) in [6.07, 6.45) is 5.40. The zero-order valence-corrected chi connectivity index (χ0v) is 10.3. The standard InChI is InChI=1S/C13H19NO4/c15-6-2-4-11-3-1-5-14(11)8-12-7-10(9-18-12)13(16)17/h7,9,11,15H,1-6,8H2,(H,16,17). The fourth-order valence-electron chi connectivity index (χ4n) is 2.53. The first-order valence-corrected chi connectivity index (χ1v) is 6.36. The number of nitrogens with zero attached hydrogens (tertiary/aromatic N) is 1. The Hall–Kier alpha value is -1.33. The number of hydrogen-bond acceptors (Lipinski definition) is 4. The highest BCUT2D eigenvalue weighted by atomic mass is 16.4. The summed E-state index contributed by atoms with van der Waals surface area (Å²) in [5.74, 6) is -0.258. The van der Waals surface area contributed by atoms with Crippen molar-refractivity contribution in [3.63, 3.8) is 0 Å².